The summed E-state index contributed by atoms with van der Waals surface area (Å²) in [5, 5.41) is 18.7. The zero-order chi connectivity index (χ0) is 8.15. The van der Waals surface area contributed by atoms with Gasteiger partial charge in [-0.2, -0.15) is 0 Å². The number of hydrogen-bond donors (Lipinski definition) is 1. The Balaban J connectivity index is 3.92. The predicted molar refractivity (Wildman–Crippen MR) is 37.3 cm³/mol. The van der Waals surface area contributed by atoms with Crippen LogP contribution in [-0.4, -0.2) is 22.7 Å². The largest absolute Gasteiger partial charge is 0.389 e. The molecule has 0 fully saturated rings. The predicted octanol–water partition coefficient (Wildman–Crippen LogP) is 0.670. The Morgan fingerprint density at radius 1 is 1.70 bits per heavy atom. The molecular formula is C6H13NO3. The van der Waals surface area contributed by atoms with Gasteiger partial charge in [-0.3, -0.25) is 10.1 Å². The van der Waals surface area contributed by atoms with Crippen LogP contribution in [-0.2, 0) is 0 Å². The molecule has 2 atom stereocenters. The molecule has 0 aliphatic carbocycles. The van der Waals surface area contributed by atoms with E-state index in [1.165, 1.54) is 0 Å². The molecule has 0 heterocycles. The fraction of sp³-hybridized carbons (Fsp3) is 1.00. The van der Waals surface area contributed by atoms with Crippen molar-refractivity contribution in [2.45, 2.75) is 26.3 Å². The number of nitrogens with zero attached hydrogens (tertiary/aromatic N) is 1. The summed E-state index contributed by atoms with van der Waals surface area (Å²) >= 11 is 0. The van der Waals surface area contributed by atoms with Crippen molar-refractivity contribution in [1.82, 2.24) is 0 Å². The summed E-state index contributed by atoms with van der Waals surface area (Å²) < 4.78 is 0. The number of hydrogen-bond acceptors (Lipinski definition) is 3. The third kappa shape index (κ3) is 2.31. The molecule has 0 saturated heterocycles. The fourth-order valence-electron chi connectivity index (χ4n) is 0.726. The second-order valence-corrected chi connectivity index (χ2v) is 2.42. The summed E-state index contributed by atoms with van der Waals surface area (Å²) in [7, 11) is 0. The van der Waals surface area contributed by atoms with Gasteiger partial charge in [-0.25, -0.2) is 0 Å². The number of aliphatic hydroxyl groups excluding tert-OH is 1. The Labute approximate surface area is 60.0 Å². The first kappa shape index (κ1) is 9.36. The minimum atomic E-state index is -0.787. The van der Waals surface area contributed by atoms with E-state index < -0.39 is 11.0 Å². The lowest BCUT2D eigenvalue weighted by atomic mass is 10.0. The average Bonchev–Trinajstić information content (AvgIpc) is 1.88. The van der Waals surface area contributed by atoms with E-state index in [1.54, 1.807) is 6.92 Å². The minimum absolute atomic E-state index is 0.0417. The zero-order valence-electron chi connectivity index (χ0n) is 6.28. The molecule has 4 nitrogen and oxygen atoms in total. The van der Waals surface area contributed by atoms with Crippen LogP contribution in [0.25, 0.3) is 0 Å². The molecule has 0 aromatic heterocycles. The summed E-state index contributed by atoms with van der Waals surface area (Å²) in [5.41, 5.74) is 0. The van der Waals surface area contributed by atoms with Crippen LogP contribution < -0.4 is 0 Å². The van der Waals surface area contributed by atoms with E-state index in [0.29, 0.717) is 0 Å². The highest BCUT2D eigenvalue weighted by molar-refractivity contribution is 4.61. The molecule has 0 aliphatic rings. The summed E-state index contributed by atoms with van der Waals surface area (Å²) in [6, 6.07) is -0.787. The van der Waals surface area contributed by atoms with Crippen LogP contribution in [0, 0.1) is 16.0 Å². The van der Waals surface area contributed by atoms with Crippen molar-refractivity contribution >= 4 is 0 Å². The smallest absolute Gasteiger partial charge is 0.238 e. The number of aliphatic hydroxyl groups is 1. The maximum atomic E-state index is 10.2. The average molecular weight is 147 g/mol. The first-order valence-corrected chi connectivity index (χ1v) is 3.37. The Kier molecular flexibility index (Phi) is 3.95. The summed E-state index contributed by atoms with van der Waals surface area (Å²) in [6.45, 7) is 3.28. The molecule has 0 spiro atoms. The molecule has 0 aromatic carbocycles. The van der Waals surface area contributed by atoms with Crippen molar-refractivity contribution in [2.24, 2.45) is 5.92 Å². The first-order chi connectivity index (χ1) is 4.63. The summed E-state index contributed by atoms with van der Waals surface area (Å²) in [6.07, 6.45) is 0.728. The van der Waals surface area contributed by atoms with Crippen LogP contribution in [0.1, 0.15) is 20.3 Å². The maximum Gasteiger partial charge on any atom is 0.238 e. The molecule has 10 heavy (non-hydrogen) atoms. The standard InChI is InChI=1S/C6H13NO3/c1-3-5(2)6(4-8)7(9)10/h5-6,8H,3-4H2,1-2H3. The maximum absolute atomic E-state index is 10.2. The normalized spacial score (nSPS) is 16.3. The van der Waals surface area contributed by atoms with Crippen molar-refractivity contribution in [3.05, 3.63) is 10.1 Å². The van der Waals surface area contributed by atoms with E-state index >= 15 is 0 Å². The van der Waals surface area contributed by atoms with Crippen molar-refractivity contribution in [1.29, 1.82) is 0 Å². The van der Waals surface area contributed by atoms with E-state index in [9.17, 15) is 10.1 Å². The third-order valence-electron chi connectivity index (χ3n) is 1.76. The minimum Gasteiger partial charge on any atom is -0.389 e. The van der Waals surface area contributed by atoms with Gasteiger partial charge < -0.3 is 5.11 Å². The van der Waals surface area contributed by atoms with Gasteiger partial charge in [0.2, 0.25) is 6.04 Å². The van der Waals surface area contributed by atoms with Crippen LogP contribution in [0.15, 0.2) is 0 Å². The van der Waals surface area contributed by atoms with Crippen molar-refractivity contribution in [3.8, 4) is 0 Å². The highest BCUT2D eigenvalue weighted by Crippen LogP contribution is 2.09. The lowest BCUT2D eigenvalue weighted by molar-refractivity contribution is -0.534. The van der Waals surface area contributed by atoms with Crippen LogP contribution in [0.5, 0.6) is 0 Å². The van der Waals surface area contributed by atoms with Crippen molar-refractivity contribution < 1.29 is 10.0 Å². The van der Waals surface area contributed by atoms with Gasteiger partial charge >= 0.3 is 0 Å². The van der Waals surface area contributed by atoms with E-state index in [1.807, 2.05) is 6.92 Å². The van der Waals surface area contributed by atoms with E-state index in [-0.39, 0.29) is 12.5 Å². The molecule has 2 unspecified atom stereocenters. The number of nitro groups is 1. The monoisotopic (exact) mass is 147 g/mol. The highest BCUT2D eigenvalue weighted by Gasteiger charge is 2.24. The second-order valence-electron chi connectivity index (χ2n) is 2.42. The lowest BCUT2D eigenvalue weighted by Crippen LogP contribution is -2.30. The topological polar surface area (TPSA) is 63.4 Å². The van der Waals surface area contributed by atoms with Crippen LogP contribution >= 0.6 is 0 Å². The molecule has 0 aromatic rings. The molecule has 0 amide bonds. The molecule has 0 rings (SSSR count). The molecule has 0 aliphatic heterocycles. The second kappa shape index (κ2) is 4.22. The Morgan fingerprint density at radius 3 is 2.30 bits per heavy atom. The molecule has 1 N–H and O–H groups in total. The fourth-order valence-corrected chi connectivity index (χ4v) is 0.726. The van der Waals surface area contributed by atoms with E-state index in [0.717, 1.165) is 6.42 Å². The quantitative estimate of drug-likeness (QED) is 0.469. The third-order valence-corrected chi connectivity index (χ3v) is 1.76. The molecular weight excluding hydrogens is 134 g/mol. The highest BCUT2D eigenvalue weighted by atomic mass is 16.6. The number of rotatable bonds is 4. The Bertz CT molecular complexity index is 116. The molecule has 4 heteroatoms. The SMILES string of the molecule is CCC(C)C(CO)[N+](=O)[O-]. The van der Waals surface area contributed by atoms with Gasteiger partial charge in [0, 0.05) is 10.8 Å². The molecule has 60 valence electrons. The summed E-state index contributed by atoms with van der Waals surface area (Å²) in [5.74, 6) is -0.0417. The van der Waals surface area contributed by atoms with Gasteiger partial charge in [0.05, 0.1) is 0 Å². The van der Waals surface area contributed by atoms with Crippen LogP contribution in [0.3, 0.4) is 0 Å². The first-order valence-electron chi connectivity index (χ1n) is 3.37. The van der Waals surface area contributed by atoms with Gasteiger partial charge in [0.1, 0.15) is 6.61 Å². The van der Waals surface area contributed by atoms with Gasteiger partial charge in [0.15, 0.2) is 0 Å². The van der Waals surface area contributed by atoms with Crippen molar-refractivity contribution in [2.75, 3.05) is 6.61 Å². The summed E-state index contributed by atoms with van der Waals surface area (Å²) in [4.78, 5) is 9.75. The van der Waals surface area contributed by atoms with E-state index in [2.05, 4.69) is 0 Å². The molecule has 0 saturated carbocycles. The van der Waals surface area contributed by atoms with Gasteiger partial charge in [0.25, 0.3) is 0 Å². The Hall–Kier alpha value is -0.640. The molecule has 0 bridgehead atoms. The Morgan fingerprint density at radius 2 is 2.20 bits per heavy atom. The lowest BCUT2D eigenvalue weighted by Gasteiger charge is -2.11. The van der Waals surface area contributed by atoms with Gasteiger partial charge in [-0.05, 0) is 6.42 Å². The van der Waals surface area contributed by atoms with Crippen LogP contribution in [0.4, 0.5) is 0 Å². The van der Waals surface area contributed by atoms with Crippen LogP contribution in [0.2, 0.25) is 0 Å². The van der Waals surface area contributed by atoms with Crippen molar-refractivity contribution in [3.63, 3.8) is 0 Å². The molecule has 0 radical (unpaired) electrons. The van der Waals surface area contributed by atoms with Gasteiger partial charge in [-0.1, -0.05) is 13.8 Å². The van der Waals surface area contributed by atoms with E-state index in [4.69, 9.17) is 5.11 Å². The van der Waals surface area contributed by atoms with Gasteiger partial charge in [-0.15, -0.1) is 0 Å². The zero-order valence-corrected chi connectivity index (χ0v) is 6.28.